The summed E-state index contributed by atoms with van der Waals surface area (Å²) in [7, 11) is 1.89. The number of amides is 1. The third kappa shape index (κ3) is 2.50. The van der Waals surface area contributed by atoms with E-state index in [9.17, 15) is 4.79 Å². The molecule has 98 valence electrons. The number of nitrogens with one attached hydrogen (secondary N) is 1. The quantitative estimate of drug-likeness (QED) is 0.870. The molecule has 0 spiro atoms. The Balaban J connectivity index is 2.19. The average Bonchev–Trinajstić information content (AvgIpc) is 2.68. The van der Waals surface area contributed by atoms with Crippen LogP contribution in [0.4, 0.5) is 5.69 Å². The predicted molar refractivity (Wildman–Crippen MR) is 75.0 cm³/mol. The molecule has 1 N–H and O–H groups in total. The van der Waals surface area contributed by atoms with Crippen molar-refractivity contribution >= 4 is 11.6 Å². The van der Waals surface area contributed by atoms with Crippen LogP contribution in [0.1, 0.15) is 36.2 Å². The van der Waals surface area contributed by atoms with Crippen LogP contribution in [0.5, 0.6) is 0 Å². The van der Waals surface area contributed by atoms with Crippen LogP contribution in [0.3, 0.4) is 0 Å². The number of hydrogen-bond donors (Lipinski definition) is 1. The first-order valence-corrected chi connectivity index (χ1v) is 6.51. The molecule has 1 aromatic rings. The summed E-state index contributed by atoms with van der Waals surface area (Å²) in [5.74, 6) is 0.167. The van der Waals surface area contributed by atoms with Gasteiger partial charge in [0.05, 0.1) is 0 Å². The normalized spacial score (nSPS) is 17.9. The molecule has 0 unspecified atom stereocenters. The van der Waals surface area contributed by atoms with Gasteiger partial charge in [0, 0.05) is 31.4 Å². The fraction of sp³-hybridized carbons (Fsp3) is 0.533. The van der Waals surface area contributed by atoms with Crippen molar-refractivity contribution in [1.29, 1.82) is 0 Å². The predicted octanol–water partition coefficient (Wildman–Crippen LogP) is 2.91. The van der Waals surface area contributed by atoms with Crippen LogP contribution in [-0.4, -0.2) is 30.9 Å². The van der Waals surface area contributed by atoms with Gasteiger partial charge in [-0.3, -0.25) is 4.79 Å². The van der Waals surface area contributed by atoms with Gasteiger partial charge in [-0.05, 0) is 42.5 Å². The van der Waals surface area contributed by atoms with E-state index in [0.717, 1.165) is 36.3 Å². The molecule has 1 saturated heterocycles. The number of rotatable bonds is 2. The molecule has 3 heteroatoms. The Bertz CT molecular complexity index is 466. The summed E-state index contributed by atoms with van der Waals surface area (Å²) in [6.45, 7) is 8.17. The number of likely N-dealkylation sites (tertiary alicyclic amines) is 1. The minimum absolute atomic E-state index is 0.167. The molecule has 2 rings (SSSR count). The molecule has 1 aromatic carbocycles. The molecular formula is C15H22N2O. The van der Waals surface area contributed by atoms with E-state index in [1.54, 1.807) is 0 Å². The molecular weight excluding hydrogens is 224 g/mol. The lowest BCUT2D eigenvalue weighted by atomic mass is 9.93. The van der Waals surface area contributed by atoms with Crippen LogP contribution >= 0.6 is 0 Å². The largest absolute Gasteiger partial charge is 0.388 e. The molecule has 1 amide bonds. The molecule has 1 aliphatic rings. The van der Waals surface area contributed by atoms with E-state index in [-0.39, 0.29) is 11.3 Å². The monoisotopic (exact) mass is 246 g/mol. The van der Waals surface area contributed by atoms with Gasteiger partial charge < -0.3 is 10.2 Å². The first kappa shape index (κ1) is 12.9. The highest BCUT2D eigenvalue weighted by Crippen LogP contribution is 2.30. The fourth-order valence-electron chi connectivity index (χ4n) is 2.52. The molecule has 0 atom stereocenters. The van der Waals surface area contributed by atoms with Gasteiger partial charge in [0.2, 0.25) is 0 Å². The van der Waals surface area contributed by atoms with Gasteiger partial charge in [-0.2, -0.15) is 0 Å². The lowest BCUT2D eigenvalue weighted by Gasteiger charge is -2.20. The number of carbonyl (C=O) groups is 1. The Labute approximate surface area is 109 Å². The maximum atomic E-state index is 12.5. The molecule has 3 nitrogen and oxygen atoms in total. The van der Waals surface area contributed by atoms with Gasteiger partial charge in [0.1, 0.15) is 0 Å². The van der Waals surface area contributed by atoms with E-state index < -0.39 is 0 Å². The van der Waals surface area contributed by atoms with Crippen molar-refractivity contribution in [3.8, 4) is 0 Å². The smallest absolute Gasteiger partial charge is 0.254 e. The van der Waals surface area contributed by atoms with Crippen molar-refractivity contribution in [2.24, 2.45) is 5.41 Å². The van der Waals surface area contributed by atoms with Crippen LogP contribution < -0.4 is 5.32 Å². The second-order valence-electron chi connectivity index (χ2n) is 5.92. The van der Waals surface area contributed by atoms with Crippen LogP contribution in [0, 0.1) is 12.3 Å². The van der Waals surface area contributed by atoms with E-state index in [0.29, 0.717) is 0 Å². The minimum Gasteiger partial charge on any atom is -0.388 e. The number of carbonyl (C=O) groups excluding carboxylic acids is 1. The van der Waals surface area contributed by atoms with Gasteiger partial charge in [-0.15, -0.1) is 0 Å². The third-order valence-electron chi connectivity index (χ3n) is 3.71. The van der Waals surface area contributed by atoms with Crippen molar-refractivity contribution in [3.63, 3.8) is 0 Å². The summed E-state index contributed by atoms with van der Waals surface area (Å²) in [4.78, 5) is 14.4. The maximum absolute atomic E-state index is 12.5. The number of hydrogen-bond acceptors (Lipinski definition) is 2. The Morgan fingerprint density at radius 1 is 1.39 bits per heavy atom. The summed E-state index contributed by atoms with van der Waals surface area (Å²) in [6, 6.07) is 5.91. The second-order valence-corrected chi connectivity index (χ2v) is 5.92. The summed E-state index contributed by atoms with van der Waals surface area (Å²) < 4.78 is 0. The zero-order valence-corrected chi connectivity index (χ0v) is 11.7. The molecule has 0 saturated carbocycles. The van der Waals surface area contributed by atoms with Crippen LogP contribution in [0.25, 0.3) is 0 Å². The Morgan fingerprint density at radius 3 is 2.61 bits per heavy atom. The zero-order valence-electron chi connectivity index (χ0n) is 11.7. The van der Waals surface area contributed by atoms with Gasteiger partial charge in [0.25, 0.3) is 5.91 Å². The average molecular weight is 246 g/mol. The van der Waals surface area contributed by atoms with Gasteiger partial charge >= 0.3 is 0 Å². The van der Waals surface area contributed by atoms with Crippen molar-refractivity contribution < 1.29 is 4.79 Å². The summed E-state index contributed by atoms with van der Waals surface area (Å²) in [6.07, 6.45) is 1.09. The van der Waals surface area contributed by atoms with E-state index in [2.05, 4.69) is 19.2 Å². The van der Waals surface area contributed by atoms with Crippen molar-refractivity contribution in [1.82, 2.24) is 4.90 Å². The summed E-state index contributed by atoms with van der Waals surface area (Å²) in [5.41, 5.74) is 3.17. The second kappa shape index (κ2) is 4.63. The van der Waals surface area contributed by atoms with Crippen LogP contribution in [-0.2, 0) is 0 Å². The highest BCUT2D eigenvalue weighted by molar-refractivity contribution is 5.96. The van der Waals surface area contributed by atoms with E-state index >= 15 is 0 Å². The SMILES string of the molecule is CNc1ccc(C(=O)N2CCC(C)(C)C2)c(C)c1. The highest BCUT2D eigenvalue weighted by Gasteiger charge is 2.32. The molecule has 1 fully saturated rings. The number of anilines is 1. The van der Waals surface area contributed by atoms with Gasteiger partial charge in [-0.25, -0.2) is 0 Å². The number of nitrogens with zero attached hydrogens (tertiary/aromatic N) is 1. The van der Waals surface area contributed by atoms with E-state index in [4.69, 9.17) is 0 Å². The lowest BCUT2D eigenvalue weighted by molar-refractivity contribution is 0.0777. The standard InChI is InChI=1S/C15H22N2O/c1-11-9-12(16-4)5-6-13(11)14(18)17-8-7-15(2,3)10-17/h5-6,9,16H,7-8,10H2,1-4H3. The number of aryl methyl sites for hydroxylation is 1. The third-order valence-corrected chi connectivity index (χ3v) is 3.71. The fourth-order valence-corrected chi connectivity index (χ4v) is 2.52. The molecule has 0 aromatic heterocycles. The molecule has 1 aliphatic heterocycles. The molecule has 18 heavy (non-hydrogen) atoms. The molecule has 1 heterocycles. The summed E-state index contributed by atoms with van der Waals surface area (Å²) in [5, 5.41) is 3.09. The zero-order chi connectivity index (χ0) is 13.3. The van der Waals surface area contributed by atoms with E-state index in [1.165, 1.54) is 0 Å². The Morgan fingerprint density at radius 2 is 2.11 bits per heavy atom. The lowest BCUT2D eigenvalue weighted by Crippen LogP contribution is -2.30. The minimum atomic E-state index is 0.167. The van der Waals surface area contributed by atoms with Crippen molar-refractivity contribution in [2.45, 2.75) is 27.2 Å². The Hall–Kier alpha value is -1.51. The maximum Gasteiger partial charge on any atom is 0.254 e. The Kier molecular flexibility index (Phi) is 3.33. The molecule has 0 aliphatic carbocycles. The number of benzene rings is 1. The van der Waals surface area contributed by atoms with Gasteiger partial charge in [0.15, 0.2) is 0 Å². The summed E-state index contributed by atoms with van der Waals surface area (Å²) >= 11 is 0. The van der Waals surface area contributed by atoms with Crippen LogP contribution in [0.2, 0.25) is 0 Å². The van der Waals surface area contributed by atoms with Crippen molar-refractivity contribution in [2.75, 3.05) is 25.5 Å². The first-order valence-electron chi connectivity index (χ1n) is 6.51. The highest BCUT2D eigenvalue weighted by atomic mass is 16.2. The molecule has 0 radical (unpaired) electrons. The first-order chi connectivity index (χ1) is 8.43. The topological polar surface area (TPSA) is 32.3 Å². The van der Waals surface area contributed by atoms with Gasteiger partial charge in [-0.1, -0.05) is 13.8 Å². The van der Waals surface area contributed by atoms with E-state index in [1.807, 2.05) is 37.1 Å². The van der Waals surface area contributed by atoms with Crippen molar-refractivity contribution in [3.05, 3.63) is 29.3 Å². The molecule has 0 bridgehead atoms. The van der Waals surface area contributed by atoms with Crippen LogP contribution in [0.15, 0.2) is 18.2 Å².